The van der Waals surface area contributed by atoms with Gasteiger partial charge in [0.15, 0.2) is 0 Å². The van der Waals surface area contributed by atoms with Crippen molar-refractivity contribution >= 4 is 17.6 Å². The summed E-state index contributed by atoms with van der Waals surface area (Å²) in [6.45, 7) is 7.35. The third-order valence-corrected chi connectivity index (χ3v) is 3.60. The van der Waals surface area contributed by atoms with Crippen LogP contribution in [-0.4, -0.2) is 16.2 Å². The molecule has 0 aliphatic heterocycles. The van der Waals surface area contributed by atoms with E-state index in [4.69, 9.17) is 16.7 Å². The highest BCUT2D eigenvalue weighted by Gasteiger charge is 2.20. The molecule has 0 amide bonds. The second-order valence-electron chi connectivity index (χ2n) is 5.00. The van der Waals surface area contributed by atoms with Crippen LogP contribution in [0.3, 0.4) is 0 Å². The first-order valence-corrected chi connectivity index (χ1v) is 6.37. The molecule has 1 rings (SSSR count). The van der Waals surface area contributed by atoms with Gasteiger partial charge in [0, 0.05) is 5.02 Å². The van der Waals surface area contributed by atoms with Crippen LogP contribution < -0.4 is 0 Å². The summed E-state index contributed by atoms with van der Waals surface area (Å²) in [6.07, 6.45) is 0.285. The van der Waals surface area contributed by atoms with Crippen LogP contribution in [-0.2, 0) is 11.2 Å². The van der Waals surface area contributed by atoms with E-state index in [-0.39, 0.29) is 18.1 Å². The molecule has 1 atom stereocenters. The zero-order valence-electron chi connectivity index (χ0n) is 11.1. The van der Waals surface area contributed by atoms with E-state index in [1.165, 1.54) is 0 Å². The summed E-state index contributed by atoms with van der Waals surface area (Å²) in [7, 11) is 0. The average molecular weight is 271 g/mol. The van der Waals surface area contributed by atoms with Crippen LogP contribution in [0.25, 0.3) is 0 Å². The minimum absolute atomic E-state index is 0.141. The van der Waals surface area contributed by atoms with E-state index in [0.29, 0.717) is 10.6 Å². The third kappa shape index (κ3) is 2.96. The first-order chi connectivity index (χ1) is 8.25. The second-order valence-corrected chi connectivity index (χ2v) is 5.41. The smallest absolute Gasteiger partial charge is 0.306 e. The molecule has 18 heavy (non-hydrogen) atoms. The molecular formula is C14H19ClO3. The average Bonchev–Trinajstić information content (AvgIpc) is 2.28. The van der Waals surface area contributed by atoms with E-state index in [0.717, 1.165) is 11.1 Å². The molecule has 0 spiro atoms. The van der Waals surface area contributed by atoms with Gasteiger partial charge in [-0.05, 0) is 42.0 Å². The van der Waals surface area contributed by atoms with Gasteiger partial charge in [-0.25, -0.2) is 0 Å². The second kappa shape index (κ2) is 5.61. The molecule has 0 heterocycles. The summed E-state index contributed by atoms with van der Waals surface area (Å²) in [6, 6.07) is 1.76. The maximum atomic E-state index is 10.9. The van der Waals surface area contributed by atoms with Crippen molar-refractivity contribution in [1.82, 2.24) is 0 Å². The largest absolute Gasteiger partial charge is 0.507 e. The van der Waals surface area contributed by atoms with E-state index in [1.807, 2.05) is 13.8 Å². The first kappa shape index (κ1) is 14.8. The molecule has 0 aromatic heterocycles. The Hall–Kier alpha value is -1.22. The summed E-state index contributed by atoms with van der Waals surface area (Å²) in [5, 5.41) is 19.8. The van der Waals surface area contributed by atoms with Gasteiger partial charge in [0.1, 0.15) is 5.75 Å². The van der Waals surface area contributed by atoms with Crippen molar-refractivity contribution in [2.45, 2.75) is 40.0 Å². The number of halogens is 1. The topological polar surface area (TPSA) is 57.5 Å². The summed E-state index contributed by atoms with van der Waals surface area (Å²) in [4.78, 5) is 10.9. The van der Waals surface area contributed by atoms with Gasteiger partial charge in [-0.15, -0.1) is 0 Å². The predicted molar refractivity (Wildman–Crippen MR) is 72.4 cm³/mol. The number of rotatable bonds is 4. The van der Waals surface area contributed by atoms with Crippen LogP contribution in [0.2, 0.25) is 5.02 Å². The number of carboxylic acids is 1. The van der Waals surface area contributed by atoms with Gasteiger partial charge in [0.2, 0.25) is 0 Å². The van der Waals surface area contributed by atoms with Gasteiger partial charge in [-0.1, -0.05) is 32.4 Å². The summed E-state index contributed by atoms with van der Waals surface area (Å²) in [5.74, 6) is -1.10. The van der Waals surface area contributed by atoms with Crippen molar-refractivity contribution in [2.75, 3.05) is 0 Å². The van der Waals surface area contributed by atoms with Crippen molar-refractivity contribution in [3.63, 3.8) is 0 Å². The number of aromatic hydroxyl groups is 1. The molecule has 4 heteroatoms. The highest BCUT2D eigenvalue weighted by molar-refractivity contribution is 6.31. The Balaban J connectivity index is 3.29. The third-order valence-electron chi connectivity index (χ3n) is 3.21. The fraction of sp³-hybridized carbons (Fsp3) is 0.500. The molecule has 0 bridgehead atoms. The van der Waals surface area contributed by atoms with E-state index in [2.05, 4.69) is 0 Å². The fourth-order valence-corrected chi connectivity index (χ4v) is 2.12. The standard InChI is InChI=1S/C14H19ClO3/c1-7(2)10-6-12(15)9(4)11(13(10)16)5-8(3)14(17)18/h6-8,16H,5H2,1-4H3,(H,17,18). The Morgan fingerprint density at radius 2 is 1.94 bits per heavy atom. The van der Waals surface area contributed by atoms with Crippen molar-refractivity contribution in [1.29, 1.82) is 0 Å². The van der Waals surface area contributed by atoms with Gasteiger partial charge in [-0.3, -0.25) is 4.79 Å². The summed E-state index contributed by atoms with van der Waals surface area (Å²) in [5.41, 5.74) is 2.16. The van der Waals surface area contributed by atoms with Gasteiger partial charge in [0.05, 0.1) is 5.92 Å². The molecule has 2 N–H and O–H groups in total. The predicted octanol–water partition coefficient (Wildman–Crippen LogP) is 3.74. The molecular weight excluding hydrogens is 252 g/mol. The number of aliphatic carboxylic acids is 1. The van der Waals surface area contributed by atoms with Crippen LogP contribution >= 0.6 is 11.6 Å². The maximum Gasteiger partial charge on any atom is 0.306 e. The summed E-state index contributed by atoms with van der Waals surface area (Å²) >= 11 is 6.14. The maximum absolute atomic E-state index is 10.9. The first-order valence-electron chi connectivity index (χ1n) is 5.99. The van der Waals surface area contributed by atoms with Crippen LogP contribution in [0.1, 0.15) is 43.4 Å². The van der Waals surface area contributed by atoms with E-state index >= 15 is 0 Å². The Morgan fingerprint density at radius 3 is 2.39 bits per heavy atom. The zero-order chi connectivity index (χ0) is 14.0. The highest BCUT2D eigenvalue weighted by atomic mass is 35.5. The lowest BCUT2D eigenvalue weighted by molar-refractivity contribution is -0.141. The molecule has 1 aromatic rings. The van der Waals surface area contributed by atoms with Gasteiger partial charge in [-0.2, -0.15) is 0 Å². The number of benzene rings is 1. The Bertz CT molecular complexity index is 467. The normalized spacial score (nSPS) is 12.8. The van der Waals surface area contributed by atoms with Crippen LogP contribution in [0.15, 0.2) is 6.07 Å². The molecule has 1 aromatic carbocycles. The molecule has 0 saturated heterocycles. The van der Waals surface area contributed by atoms with E-state index in [1.54, 1.807) is 19.9 Å². The molecule has 0 radical (unpaired) electrons. The lowest BCUT2D eigenvalue weighted by Crippen LogP contribution is -2.13. The Morgan fingerprint density at radius 1 is 1.39 bits per heavy atom. The molecule has 0 saturated carbocycles. The monoisotopic (exact) mass is 270 g/mol. The number of carbonyl (C=O) groups is 1. The Kier molecular flexibility index (Phi) is 4.63. The van der Waals surface area contributed by atoms with Crippen LogP contribution in [0, 0.1) is 12.8 Å². The molecule has 0 fully saturated rings. The quantitative estimate of drug-likeness (QED) is 0.876. The van der Waals surface area contributed by atoms with Crippen LogP contribution in [0.4, 0.5) is 0 Å². The minimum Gasteiger partial charge on any atom is -0.507 e. The molecule has 100 valence electrons. The molecule has 0 aliphatic rings. The van der Waals surface area contributed by atoms with Gasteiger partial charge >= 0.3 is 5.97 Å². The summed E-state index contributed by atoms with van der Waals surface area (Å²) < 4.78 is 0. The number of phenolic OH excluding ortho intramolecular Hbond substituents is 1. The molecule has 1 unspecified atom stereocenters. The van der Waals surface area contributed by atoms with Crippen molar-refractivity contribution in [3.05, 3.63) is 27.8 Å². The number of phenols is 1. The minimum atomic E-state index is -0.875. The van der Waals surface area contributed by atoms with Crippen molar-refractivity contribution in [3.8, 4) is 5.75 Å². The van der Waals surface area contributed by atoms with Gasteiger partial charge < -0.3 is 10.2 Å². The SMILES string of the molecule is Cc1c(Cl)cc(C(C)C)c(O)c1CC(C)C(=O)O. The molecule has 3 nitrogen and oxygen atoms in total. The number of hydrogen-bond donors (Lipinski definition) is 2. The van der Waals surface area contributed by atoms with Crippen LogP contribution in [0.5, 0.6) is 5.75 Å². The lowest BCUT2D eigenvalue weighted by atomic mass is 9.91. The highest BCUT2D eigenvalue weighted by Crippen LogP contribution is 2.36. The lowest BCUT2D eigenvalue weighted by Gasteiger charge is -2.18. The van der Waals surface area contributed by atoms with Crippen molar-refractivity contribution in [2.24, 2.45) is 5.92 Å². The number of hydrogen-bond acceptors (Lipinski definition) is 2. The van der Waals surface area contributed by atoms with Gasteiger partial charge in [0.25, 0.3) is 0 Å². The zero-order valence-corrected chi connectivity index (χ0v) is 11.9. The molecule has 0 aliphatic carbocycles. The fourth-order valence-electron chi connectivity index (χ4n) is 1.89. The Labute approximate surface area is 112 Å². The number of carboxylic acid groups (broad SMARTS) is 1. The van der Waals surface area contributed by atoms with E-state index in [9.17, 15) is 9.90 Å². The van der Waals surface area contributed by atoms with Crippen molar-refractivity contribution < 1.29 is 15.0 Å². The van der Waals surface area contributed by atoms with E-state index < -0.39 is 11.9 Å².